The van der Waals surface area contributed by atoms with Gasteiger partial charge < -0.3 is 0 Å². The summed E-state index contributed by atoms with van der Waals surface area (Å²) >= 11 is 0. The second-order valence-corrected chi connectivity index (χ2v) is 1.06. The van der Waals surface area contributed by atoms with Crippen molar-refractivity contribution in [2.24, 2.45) is 20.7 Å². The molecule has 0 atom stereocenters. The molecule has 0 fully saturated rings. The average molecular weight is 99.1 g/mol. The van der Waals surface area contributed by atoms with E-state index in [1.807, 2.05) is 0 Å². The molecule has 0 aliphatic carbocycles. The van der Waals surface area contributed by atoms with Crippen molar-refractivity contribution in [3.63, 3.8) is 0 Å². The van der Waals surface area contributed by atoms with E-state index in [1.54, 1.807) is 0 Å². The predicted octanol–water partition coefficient (Wildman–Crippen LogP) is 0.576. The summed E-state index contributed by atoms with van der Waals surface area (Å²) in [6.45, 7) is -0.354. The fourth-order valence-electron chi connectivity index (χ4n) is 0.255. The molecule has 1 aliphatic heterocycles. The Kier molecular flexibility index (Phi) is 1.08. The van der Waals surface area contributed by atoms with Crippen molar-refractivity contribution >= 4 is 0 Å². The van der Waals surface area contributed by atoms with Crippen LogP contribution in [-0.4, -0.2) is 12.8 Å². The van der Waals surface area contributed by atoms with Gasteiger partial charge in [0, 0.05) is 0 Å². The van der Waals surface area contributed by atoms with E-state index in [9.17, 15) is 5.11 Å². The Bertz CT molecular complexity index is 96.3. The van der Waals surface area contributed by atoms with E-state index in [0.717, 1.165) is 0 Å². The van der Waals surface area contributed by atoms with Gasteiger partial charge in [0.15, 0.2) is 0 Å². The van der Waals surface area contributed by atoms with Gasteiger partial charge >= 0.3 is 0 Å². The van der Waals surface area contributed by atoms with Crippen molar-refractivity contribution in [3.05, 3.63) is 0 Å². The van der Waals surface area contributed by atoms with Crippen LogP contribution < -0.4 is 0 Å². The van der Waals surface area contributed by atoms with Gasteiger partial charge in [0.05, 0.1) is 0 Å². The van der Waals surface area contributed by atoms with Gasteiger partial charge in [-0.25, -0.2) is 5.11 Å². The molecule has 1 heterocycles. The molecular formula is C2H3N4O. The van der Waals surface area contributed by atoms with Gasteiger partial charge in [-0.1, -0.05) is 0 Å². The normalized spacial score (nSPS) is 19.0. The van der Waals surface area contributed by atoms with Gasteiger partial charge in [0.2, 0.25) is 6.17 Å². The number of hydrogen-bond donors (Lipinski definition) is 0. The Labute approximate surface area is 39.8 Å². The van der Waals surface area contributed by atoms with Gasteiger partial charge in [0.25, 0.3) is 0 Å². The summed E-state index contributed by atoms with van der Waals surface area (Å²) in [5, 5.41) is 22.7. The Morgan fingerprint density at radius 3 is 2.14 bits per heavy atom. The lowest BCUT2D eigenvalue weighted by Crippen LogP contribution is -1.99. The highest BCUT2D eigenvalue weighted by atomic mass is 16.3. The lowest BCUT2D eigenvalue weighted by Gasteiger charge is -1.84. The number of rotatable bonds is 1. The van der Waals surface area contributed by atoms with Gasteiger partial charge in [-0.15, -0.1) is 10.2 Å². The van der Waals surface area contributed by atoms with Gasteiger partial charge in [-0.05, 0) is 10.4 Å². The highest BCUT2D eigenvalue weighted by molar-refractivity contribution is 4.56. The average Bonchev–Trinajstić information content (AvgIpc) is 2.14. The zero-order chi connectivity index (χ0) is 5.11. The predicted molar refractivity (Wildman–Crippen MR) is 19.1 cm³/mol. The standard InChI is InChI=1S/C2H3N4O/c7-1-2-3-5-6-4-2/h2H,1H2. The van der Waals surface area contributed by atoms with Crippen LogP contribution in [0.25, 0.3) is 0 Å². The van der Waals surface area contributed by atoms with Crippen molar-refractivity contribution in [2.45, 2.75) is 6.17 Å². The molecule has 1 rings (SSSR count). The van der Waals surface area contributed by atoms with Crippen LogP contribution in [0.3, 0.4) is 0 Å². The summed E-state index contributed by atoms with van der Waals surface area (Å²) in [4.78, 5) is 0. The van der Waals surface area contributed by atoms with Crippen LogP contribution in [-0.2, 0) is 5.11 Å². The van der Waals surface area contributed by atoms with Crippen LogP contribution >= 0.6 is 0 Å². The van der Waals surface area contributed by atoms with Crippen LogP contribution in [0.5, 0.6) is 0 Å². The third-order valence-corrected chi connectivity index (χ3v) is 0.559. The van der Waals surface area contributed by atoms with Crippen molar-refractivity contribution in [2.75, 3.05) is 6.61 Å². The maximum absolute atomic E-state index is 9.82. The molecule has 0 aromatic carbocycles. The number of hydrogen-bond acceptors (Lipinski definition) is 4. The van der Waals surface area contributed by atoms with E-state index < -0.39 is 6.17 Å². The molecule has 7 heavy (non-hydrogen) atoms. The minimum Gasteiger partial charge on any atom is -0.232 e. The van der Waals surface area contributed by atoms with Crippen LogP contribution in [0.15, 0.2) is 20.7 Å². The molecule has 37 valence electrons. The van der Waals surface area contributed by atoms with Crippen LogP contribution in [0.2, 0.25) is 0 Å². The van der Waals surface area contributed by atoms with E-state index in [-0.39, 0.29) is 6.61 Å². The van der Waals surface area contributed by atoms with Crippen molar-refractivity contribution in [3.8, 4) is 0 Å². The largest absolute Gasteiger partial charge is 0.232 e. The SMILES string of the molecule is [O]CC1N=NN=N1. The molecule has 0 amide bonds. The third kappa shape index (κ3) is 0.774. The molecule has 5 nitrogen and oxygen atoms in total. The van der Waals surface area contributed by atoms with Crippen LogP contribution in [0.4, 0.5) is 0 Å². The van der Waals surface area contributed by atoms with Gasteiger partial charge in [0.1, 0.15) is 6.61 Å². The molecule has 0 aromatic heterocycles. The Morgan fingerprint density at radius 2 is 1.86 bits per heavy atom. The van der Waals surface area contributed by atoms with Crippen molar-refractivity contribution < 1.29 is 5.11 Å². The van der Waals surface area contributed by atoms with Crippen LogP contribution in [0.1, 0.15) is 0 Å². The molecule has 5 heteroatoms. The van der Waals surface area contributed by atoms with Crippen molar-refractivity contribution in [1.82, 2.24) is 0 Å². The van der Waals surface area contributed by atoms with E-state index >= 15 is 0 Å². The quantitative estimate of drug-likeness (QED) is 0.461. The minimum absolute atomic E-state index is 0.354. The molecule has 0 spiro atoms. The van der Waals surface area contributed by atoms with Gasteiger partial charge in [-0.2, -0.15) is 0 Å². The molecule has 0 saturated carbocycles. The first-order chi connectivity index (χ1) is 3.43. The number of nitrogens with zero attached hydrogens (tertiary/aromatic N) is 4. The lowest BCUT2D eigenvalue weighted by atomic mass is 10.6. The second-order valence-electron chi connectivity index (χ2n) is 1.06. The molecule has 1 aliphatic rings. The van der Waals surface area contributed by atoms with E-state index in [4.69, 9.17) is 0 Å². The third-order valence-electron chi connectivity index (χ3n) is 0.559. The van der Waals surface area contributed by atoms with Crippen molar-refractivity contribution in [1.29, 1.82) is 0 Å². The first-order valence-corrected chi connectivity index (χ1v) is 1.81. The summed E-state index contributed by atoms with van der Waals surface area (Å²) in [7, 11) is 0. The van der Waals surface area contributed by atoms with E-state index in [0.29, 0.717) is 0 Å². The summed E-state index contributed by atoms with van der Waals surface area (Å²) in [6, 6.07) is 0. The zero-order valence-electron chi connectivity index (χ0n) is 3.48. The maximum atomic E-state index is 9.82. The molecule has 0 N–H and O–H groups in total. The van der Waals surface area contributed by atoms with Gasteiger partial charge in [-0.3, -0.25) is 0 Å². The first kappa shape index (κ1) is 4.32. The first-order valence-electron chi connectivity index (χ1n) is 1.81. The Morgan fingerprint density at radius 1 is 1.29 bits per heavy atom. The smallest absolute Gasteiger partial charge is 0.211 e. The highest BCUT2D eigenvalue weighted by Crippen LogP contribution is 2.01. The lowest BCUT2D eigenvalue weighted by molar-refractivity contribution is 0.175. The molecule has 0 bridgehead atoms. The summed E-state index contributed by atoms with van der Waals surface area (Å²) < 4.78 is 0. The zero-order valence-corrected chi connectivity index (χ0v) is 3.48. The minimum atomic E-state index is -0.542. The van der Waals surface area contributed by atoms with Crippen LogP contribution in [0, 0.1) is 0 Å². The fourth-order valence-corrected chi connectivity index (χ4v) is 0.255. The summed E-state index contributed by atoms with van der Waals surface area (Å²) in [5.74, 6) is 0. The monoisotopic (exact) mass is 99.0 g/mol. The molecule has 1 radical (unpaired) electrons. The summed E-state index contributed by atoms with van der Waals surface area (Å²) in [5.41, 5.74) is 0. The molecule has 0 saturated heterocycles. The Balaban J connectivity index is 2.44. The van der Waals surface area contributed by atoms with E-state index in [2.05, 4.69) is 20.7 Å². The topological polar surface area (TPSA) is 69.3 Å². The second kappa shape index (κ2) is 1.74. The fraction of sp³-hybridized carbons (Fsp3) is 1.00. The highest BCUT2D eigenvalue weighted by Gasteiger charge is 2.05. The molecular weight excluding hydrogens is 96.0 g/mol. The molecule has 0 unspecified atom stereocenters. The summed E-state index contributed by atoms with van der Waals surface area (Å²) in [6.07, 6.45) is -0.542. The van der Waals surface area contributed by atoms with E-state index in [1.165, 1.54) is 0 Å². The molecule has 0 aromatic rings. The maximum Gasteiger partial charge on any atom is 0.211 e. The Hall–Kier alpha value is -0.840.